The van der Waals surface area contributed by atoms with E-state index in [1.165, 1.54) is 0 Å². The Kier molecular flexibility index (Phi) is 4.62. The van der Waals surface area contributed by atoms with Gasteiger partial charge in [0.2, 0.25) is 5.91 Å². The zero-order valence-electron chi connectivity index (χ0n) is 14.6. The highest BCUT2D eigenvalue weighted by Gasteiger charge is 2.37. The van der Waals surface area contributed by atoms with Gasteiger partial charge in [-0.25, -0.2) is 0 Å². The second kappa shape index (κ2) is 6.68. The van der Waals surface area contributed by atoms with Gasteiger partial charge in [0.25, 0.3) is 0 Å². The van der Waals surface area contributed by atoms with Gasteiger partial charge < -0.3 is 10.2 Å². The molecule has 2 aromatic heterocycles. The van der Waals surface area contributed by atoms with Crippen molar-refractivity contribution in [1.82, 2.24) is 30.0 Å². The van der Waals surface area contributed by atoms with E-state index in [0.717, 1.165) is 23.5 Å². The molecule has 1 N–H and O–H groups in total. The largest absolute Gasteiger partial charge is 0.336 e. The van der Waals surface area contributed by atoms with Crippen LogP contribution in [0.4, 0.5) is 0 Å². The van der Waals surface area contributed by atoms with Crippen LogP contribution < -0.4 is 5.32 Å². The first kappa shape index (κ1) is 16.6. The maximum absolute atomic E-state index is 12.2. The van der Waals surface area contributed by atoms with Crippen LogP contribution in [-0.2, 0) is 11.8 Å². The van der Waals surface area contributed by atoms with Crippen LogP contribution in [0.1, 0.15) is 48.9 Å². The van der Waals surface area contributed by atoms with Gasteiger partial charge in [0.1, 0.15) is 0 Å². The average Bonchev–Trinajstić information content (AvgIpc) is 2.97. The van der Waals surface area contributed by atoms with Gasteiger partial charge in [-0.1, -0.05) is 0 Å². The van der Waals surface area contributed by atoms with Crippen molar-refractivity contribution in [2.45, 2.75) is 44.8 Å². The van der Waals surface area contributed by atoms with Crippen molar-refractivity contribution >= 4 is 5.91 Å². The van der Waals surface area contributed by atoms with Crippen LogP contribution in [0, 0.1) is 6.92 Å². The summed E-state index contributed by atoms with van der Waals surface area (Å²) < 4.78 is 1.84. The summed E-state index contributed by atoms with van der Waals surface area (Å²) in [6, 6.07) is 2.13. The average molecular weight is 328 g/mol. The van der Waals surface area contributed by atoms with Crippen molar-refractivity contribution in [3.63, 3.8) is 0 Å². The Balaban J connectivity index is 1.86. The molecule has 1 aliphatic rings. The van der Waals surface area contributed by atoms with E-state index in [9.17, 15) is 4.79 Å². The molecule has 0 bridgehead atoms. The van der Waals surface area contributed by atoms with Crippen LogP contribution in [0.2, 0.25) is 0 Å². The minimum absolute atomic E-state index is 0.0434. The maximum atomic E-state index is 12.2. The van der Waals surface area contributed by atoms with Gasteiger partial charge in [0.05, 0.1) is 23.1 Å². The van der Waals surface area contributed by atoms with Crippen LogP contribution in [0.3, 0.4) is 0 Å². The molecule has 0 spiro atoms. The Morgan fingerprint density at radius 1 is 1.25 bits per heavy atom. The van der Waals surface area contributed by atoms with Crippen LogP contribution in [0.25, 0.3) is 0 Å². The van der Waals surface area contributed by atoms with E-state index in [1.807, 2.05) is 36.7 Å². The van der Waals surface area contributed by atoms with Crippen LogP contribution >= 0.6 is 0 Å². The summed E-state index contributed by atoms with van der Waals surface area (Å²) in [5.74, 6) is 0.169. The molecule has 24 heavy (non-hydrogen) atoms. The van der Waals surface area contributed by atoms with E-state index in [2.05, 4.69) is 27.3 Å². The Morgan fingerprint density at radius 2 is 2.00 bits per heavy atom. The normalized spacial score (nSPS) is 22.7. The fourth-order valence-corrected chi connectivity index (χ4v) is 3.54. The summed E-state index contributed by atoms with van der Waals surface area (Å²) in [7, 11) is 3.78. The van der Waals surface area contributed by atoms with Gasteiger partial charge in [-0.2, -0.15) is 5.10 Å². The first-order chi connectivity index (χ1) is 11.5. The third-order valence-corrected chi connectivity index (χ3v) is 4.82. The quantitative estimate of drug-likeness (QED) is 0.921. The van der Waals surface area contributed by atoms with Crippen LogP contribution in [0.15, 0.2) is 24.7 Å². The topological polar surface area (TPSA) is 75.9 Å². The Labute approximate surface area is 142 Å². The van der Waals surface area contributed by atoms with E-state index >= 15 is 0 Å². The molecule has 0 saturated carbocycles. The van der Waals surface area contributed by atoms with Gasteiger partial charge in [0.15, 0.2) is 0 Å². The minimum atomic E-state index is -0.0434. The number of hydrogen-bond donors (Lipinski definition) is 1. The molecule has 128 valence electrons. The zero-order valence-corrected chi connectivity index (χ0v) is 14.6. The number of nitrogens with one attached hydrogen (secondary N) is 1. The molecule has 1 saturated heterocycles. The van der Waals surface area contributed by atoms with E-state index in [-0.39, 0.29) is 24.0 Å². The summed E-state index contributed by atoms with van der Waals surface area (Å²) >= 11 is 0. The van der Waals surface area contributed by atoms with Crippen molar-refractivity contribution in [1.29, 1.82) is 0 Å². The number of carbonyl (C=O) groups is 1. The number of amides is 1. The fraction of sp³-hybridized carbons (Fsp3) is 0.529. The molecule has 3 heterocycles. The number of aromatic nitrogens is 4. The van der Waals surface area contributed by atoms with Crippen LogP contribution in [-0.4, -0.2) is 43.6 Å². The van der Waals surface area contributed by atoms with Crippen molar-refractivity contribution < 1.29 is 4.79 Å². The lowest BCUT2D eigenvalue weighted by Gasteiger charge is -2.40. The lowest BCUT2D eigenvalue weighted by molar-refractivity contribution is -0.136. The predicted molar refractivity (Wildman–Crippen MR) is 90.1 cm³/mol. The zero-order chi connectivity index (χ0) is 17.3. The number of piperidine rings is 1. The second-order valence-corrected chi connectivity index (χ2v) is 6.39. The first-order valence-electron chi connectivity index (χ1n) is 8.26. The van der Waals surface area contributed by atoms with E-state index in [1.54, 1.807) is 18.6 Å². The van der Waals surface area contributed by atoms with Crippen molar-refractivity contribution in [3.8, 4) is 0 Å². The standard InChI is InChI=1S/C17H24N6O/c1-11-16(19-10-9-18-11)12(2)21-13-5-6-15(24)22(3)17(13)14-7-8-20-23(14)4/h7-10,12-13,17,21H,5-6H2,1-4H3/t12?,13-,17-/m1/s1. The third-order valence-electron chi connectivity index (χ3n) is 4.82. The lowest BCUT2D eigenvalue weighted by atomic mass is 9.92. The minimum Gasteiger partial charge on any atom is -0.336 e. The smallest absolute Gasteiger partial charge is 0.222 e. The molecular formula is C17H24N6O. The predicted octanol–water partition coefficient (Wildman–Crippen LogP) is 1.53. The number of rotatable bonds is 4. The number of likely N-dealkylation sites (N-methyl/N-ethyl adjacent to an activating group) is 1. The number of aryl methyl sites for hydroxylation is 2. The number of hydrogen-bond acceptors (Lipinski definition) is 5. The fourth-order valence-electron chi connectivity index (χ4n) is 3.54. The maximum Gasteiger partial charge on any atom is 0.222 e. The van der Waals surface area contributed by atoms with Gasteiger partial charge in [0, 0.05) is 51.2 Å². The summed E-state index contributed by atoms with van der Waals surface area (Å²) in [6.07, 6.45) is 6.54. The molecule has 1 aliphatic heterocycles. The molecule has 0 radical (unpaired) electrons. The Bertz CT molecular complexity index is 727. The molecular weight excluding hydrogens is 304 g/mol. The number of carbonyl (C=O) groups excluding carboxylic acids is 1. The highest BCUT2D eigenvalue weighted by Crippen LogP contribution is 2.32. The number of likely N-dealkylation sites (tertiary alicyclic amines) is 1. The molecule has 3 atom stereocenters. The SMILES string of the molecule is Cc1nccnc1C(C)N[C@@H]1CCC(=O)N(C)[C@H]1c1ccnn1C. The van der Waals surface area contributed by atoms with Crippen molar-refractivity contribution in [2.75, 3.05) is 7.05 Å². The van der Waals surface area contributed by atoms with E-state index in [4.69, 9.17) is 0 Å². The van der Waals surface area contributed by atoms with Gasteiger partial charge in [-0.05, 0) is 26.3 Å². The lowest BCUT2D eigenvalue weighted by Crippen LogP contribution is -2.50. The molecule has 1 unspecified atom stereocenters. The third kappa shape index (κ3) is 3.03. The first-order valence-corrected chi connectivity index (χ1v) is 8.26. The number of nitrogens with zero attached hydrogens (tertiary/aromatic N) is 5. The Hall–Kier alpha value is -2.28. The molecule has 1 amide bonds. The van der Waals surface area contributed by atoms with Crippen molar-refractivity contribution in [2.24, 2.45) is 7.05 Å². The second-order valence-electron chi connectivity index (χ2n) is 6.39. The molecule has 3 rings (SSSR count). The summed E-state index contributed by atoms with van der Waals surface area (Å²) in [5.41, 5.74) is 2.90. The molecule has 7 nitrogen and oxygen atoms in total. The molecule has 7 heteroatoms. The molecule has 2 aromatic rings. The van der Waals surface area contributed by atoms with Gasteiger partial charge in [-0.3, -0.25) is 19.4 Å². The van der Waals surface area contributed by atoms with Crippen molar-refractivity contribution in [3.05, 3.63) is 41.7 Å². The van der Waals surface area contributed by atoms with Crippen LogP contribution in [0.5, 0.6) is 0 Å². The van der Waals surface area contributed by atoms with E-state index in [0.29, 0.717) is 6.42 Å². The molecule has 1 fully saturated rings. The molecule has 0 aliphatic carbocycles. The summed E-state index contributed by atoms with van der Waals surface area (Å²) in [4.78, 5) is 22.8. The molecule has 0 aromatic carbocycles. The highest BCUT2D eigenvalue weighted by molar-refractivity contribution is 5.77. The highest BCUT2D eigenvalue weighted by atomic mass is 16.2. The summed E-state index contributed by atoms with van der Waals surface area (Å²) in [6.45, 7) is 4.06. The summed E-state index contributed by atoms with van der Waals surface area (Å²) in [5, 5.41) is 7.92. The van der Waals surface area contributed by atoms with E-state index < -0.39 is 0 Å². The Morgan fingerprint density at radius 3 is 2.67 bits per heavy atom. The van der Waals surface area contributed by atoms with Gasteiger partial charge in [-0.15, -0.1) is 0 Å². The van der Waals surface area contributed by atoms with Gasteiger partial charge >= 0.3 is 0 Å². The monoisotopic (exact) mass is 328 g/mol.